The van der Waals surface area contributed by atoms with Gasteiger partial charge in [0.25, 0.3) is 0 Å². The Balaban J connectivity index is 2.58. The Bertz CT molecular complexity index is 388. The van der Waals surface area contributed by atoms with Crippen molar-refractivity contribution in [2.24, 2.45) is 0 Å². The molecule has 6 heteroatoms. The zero-order valence-corrected chi connectivity index (χ0v) is 11.4. The number of anilines is 1. The average molecular weight is 254 g/mol. The van der Waals surface area contributed by atoms with E-state index in [2.05, 4.69) is 9.97 Å². The third-order valence-corrected chi connectivity index (χ3v) is 3.18. The maximum absolute atomic E-state index is 11.7. The Kier molecular flexibility index (Phi) is 4.74. The number of aryl methyl sites for hydroxylation is 1. The SMILES string of the molecule is Cc1cc(N)nc(SCC(=O)N(C)C(C)C)n1. The van der Waals surface area contributed by atoms with Crippen LogP contribution in [0.5, 0.6) is 0 Å². The second kappa shape index (κ2) is 5.86. The molecule has 0 aromatic carbocycles. The van der Waals surface area contributed by atoms with Gasteiger partial charge in [-0.25, -0.2) is 9.97 Å². The minimum Gasteiger partial charge on any atom is -0.384 e. The zero-order chi connectivity index (χ0) is 13.0. The maximum Gasteiger partial charge on any atom is 0.233 e. The van der Waals surface area contributed by atoms with Crippen molar-refractivity contribution >= 4 is 23.5 Å². The fraction of sp³-hybridized carbons (Fsp3) is 0.545. The number of hydrogen-bond donors (Lipinski definition) is 1. The summed E-state index contributed by atoms with van der Waals surface area (Å²) in [4.78, 5) is 21.7. The molecule has 1 heterocycles. The van der Waals surface area contributed by atoms with Crippen molar-refractivity contribution in [3.8, 4) is 0 Å². The Morgan fingerprint density at radius 2 is 2.18 bits per heavy atom. The Labute approximate surface area is 106 Å². The summed E-state index contributed by atoms with van der Waals surface area (Å²) in [5.74, 6) is 0.829. The van der Waals surface area contributed by atoms with E-state index in [0.717, 1.165) is 5.69 Å². The van der Waals surface area contributed by atoms with E-state index in [1.807, 2.05) is 20.8 Å². The van der Waals surface area contributed by atoms with Gasteiger partial charge >= 0.3 is 0 Å². The number of amides is 1. The van der Waals surface area contributed by atoms with Crippen LogP contribution in [0, 0.1) is 6.92 Å². The van der Waals surface area contributed by atoms with Crippen LogP contribution < -0.4 is 5.73 Å². The summed E-state index contributed by atoms with van der Waals surface area (Å²) >= 11 is 1.31. The number of aromatic nitrogens is 2. The fourth-order valence-electron chi connectivity index (χ4n) is 1.15. The first-order valence-electron chi connectivity index (χ1n) is 5.39. The van der Waals surface area contributed by atoms with Crippen LogP contribution in [0.3, 0.4) is 0 Å². The summed E-state index contributed by atoms with van der Waals surface area (Å²) in [6.07, 6.45) is 0. The molecule has 0 bridgehead atoms. The molecule has 1 aromatic heterocycles. The van der Waals surface area contributed by atoms with Gasteiger partial charge in [-0.1, -0.05) is 11.8 Å². The van der Waals surface area contributed by atoms with Crippen molar-refractivity contribution in [3.05, 3.63) is 11.8 Å². The van der Waals surface area contributed by atoms with Crippen molar-refractivity contribution < 1.29 is 4.79 Å². The third kappa shape index (κ3) is 4.22. The lowest BCUT2D eigenvalue weighted by Crippen LogP contribution is -2.34. The second-order valence-corrected chi connectivity index (χ2v) is 5.05. The largest absolute Gasteiger partial charge is 0.384 e. The number of carbonyl (C=O) groups excluding carboxylic acids is 1. The number of nitrogen functional groups attached to an aromatic ring is 1. The monoisotopic (exact) mass is 254 g/mol. The summed E-state index contributed by atoms with van der Waals surface area (Å²) in [6, 6.07) is 1.90. The molecule has 0 fully saturated rings. The highest BCUT2D eigenvalue weighted by Crippen LogP contribution is 2.15. The van der Waals surface area contributed by atoms with Crippen LogP contribution in [-0.4, -0.2) is 39.6 Å². The standard InChI is InChI=1S/C11H18N4OS/c1-7(2)15(4)10(16)6-17-11-13-8(3)5-9(12)14-11/h5,7H,6H2,1-4H3,(H2,12,13,14). The highest BCUT2D eigenvalue weighted by molar-refractivity contribution is 7.99. The Hall–Kier alpha value is -1.30. The first-order chi connectivity index (χ1) is 7.90. The summed E-state index contributed by atoms with van der Waals surface area (Å²) in [5, 5.41) is 0.549. The molecule has 0 spiro atoms. The van der Waals surface area contributed by atoms with E-state index in [1.165, 1.54) is 11.8 Å². The smallest absolute Gasteiger partial charge is 0.233 e. The van der Waals surface area contributed by atoms with Crippen molar-refractivity contribution in [2.45, 2.75) is 32.0 Å². The van der Waals surface area contributed by atoms with Gasteiger partial charge in [0.05, 0.1) is 5.75 Å². The summed E-state index contributed by atoms with van der Waals surface area (Å²) < 4.78 is 0. The number of carbonyl (C=O) groups is 1. The quantitative estimate of drug-likeness (QED) is 0.648. The Morgan fingerprint density at radius 1 is 1.53 bits per heavy atom. The van der Waals surface area contributed by atoms with Crippen LogP contribution in [-0.2, 0) is 4.79 Å². The predicted molar refractivity (Wildman–Crippen MR) is 69.8 cm³/mol. The highest BCUT2D eigenvalue weighted by Gasteiger charge is 2.13. The van der Waals surface area contributed by atoms with E-state index in [1.54, 1.807) is 18.0 Å². The number of hydrogen-bond acceptors (Lipinski definition) is 5. The van der Waals surface area contributed by atoms with Gasteiger partial charge in [-0.2, -0.15) is 0 Å². The first-order valence-corrected chi connectivity index (χ1v) is 6.38. The van der Waals surface area contributed by atoms with Crippen molar-refractivity contribution in [1.82, 2.24) is 14.9 Å². The molecular weight excluding hydrogens is 236 g/mol. The molecule has 0 radical (unpaired) electrons. The molecule has 0 aliphatic carbocycles. The van der Waals surface area contributed by atoms with Crippen LogP contribution in [0.15, 0.2) is 11.2 Å². The summed E-state index contributed by atoms with van der Waals surface area (Å²) in [7, 11) is 1.79. The number of nitrogens with zero attached hydrogens (tertiary/aromatic N) is 3. The van der Waals surface area contributed by atoms with Crippen LogP contribution in [0.1, 0.15) is 19.5 Å². The normalized spacial score (nSPS) is 10.6. The highest BCUT2D eigenvalue weighted by atomic mass is 32.2. The minimum absolute atomic E-state index is 0.0636. The summed E-state index contributed by atoms with van der Waals surface area (Å²) in [5.41, 5.74) is 6.42. The zero-order valence-electron chi connectivity index (χ0n) is 10.6. The van der Waals surface area contributed by atoms with Crippen LogP contribution in [0.4, 0.5) is 5.82 Å². The molecule has 2 N–H and O–H groups in total. The van der Waals surface area contributed by atoms with E-state index in [0.29, 0.717) is 16.7 Å². The van der Waals surface area contributed by atoms with Crippen molar-refractivity contribution in [3.63, 3.8) is 0 Å². The van der Waals surface area contributed by atoms with E-state index < -0.39 is 0 Å². The molecule has 5 nitrogen and oxygen atoms in total. The molecule has 0 saturated heterocycles. The van der Waals surface area contributed by atoms with Crippen LogP contribution in [0.2, 0.25) is 0 Å². The van der Waals surface area contributed by atoms with Gasteiger partial charge < -0.3 is 10.6 Å². The second-order valence-electron chi connectivity index (χ2n) is 4.10. The van der Waals surface area contributed by atoms with Gasteiger partial charge in [0.2, 0.25) is 5.91 Å². The van der Waals surface area contributed by atoms with Gasteiger partial charge in [0.15, 0.2) is 5.16 Å². The predicted octanol–water partition coefficient (Wildman–Crippen LogP) is 1.33. The first kappa shape index (κ1) is 13.8. The average Bonchev–Trinajstić information content (AvgIpc) is 2.23. The number of rotatable bonds is 4. The minimum atomic E-state index is 0.0636. The lowest BCUT2D eigenvalue weighted by Gasteiger charge is -2.20. The van der Waals surface area contributed by atoms with E-state index in [4.69, 9.17) is 5.73 Å². The van der Waals surface area contributed by atoms with Crippen molar-refractivity contribution in [2.75, 3.05) is 18.5 Å². The molecule has 0 atom stereocenters. The topological polar surface area (TPSA) is 72.1 Å². The van der Waals surface area contributed by atoms with E-state index in [-0.39, 0.29) is 11.9 Å². The number of nitrogens with two attached hydrogens (primary N) is 1. The van der Waals surface area contributed by atoms with Gasteiger partial charge in [-0.15, -0.1) is 0 Å². The summed E-state index contributed by atoms with van der Waals surface area (Å²) in [6.45, 7) is 5.80. The molecule has 17 heavy (non-hydrogen) atoms. The molecule has 0 aliphatic rings. The van der Waals surface area contributed by atoms with Gasteiger partial charge in [-0.3, -0.25) is 4.79 Å². The molecule has 1 amide bonds. The molecule has 1 aromatic rings. The lowest BCUT2D eigenvalue weighted by molar-refractivity contribution is -0.128. The van der Waals surface area contributed by atoms with Gasteiger partial charge in [0.1, 0.15) is 5.82 Å². The molecule has 0 saturated carbocycles. The third-order valence-electron chi connectivity index (χ3n) is 2.35. The van der Waals surface area contributed by atoms with Crippen LogP contribution >= 0.6 is 11.8 Å². The van der Waals surface area contributed by atoms with Gasteiger partial charge in [0, 0.05) is 24.8 Å². The molecule has 94 valence electrons. The Morgan fingerprint density at radius 3 is 2.71 bits per heavy atom. The molecule has 1 rings (SSSR count). The lowest BCUT2D eigenvalue weighted by atomic mass is 10.3. The van der Waals surface area contributed by atoms with Gasteiger partial charge in [-0.05, 0) is 20.8 Å². The van der Waals surface area contributed by atoms with E-state index >= 15 is 0 Å². The van der Waals surface area contributed by atoms with Crippen molar-refractivity contribution in [1.29, 1.82) is 0 Å². The number of thioether (sulfide) groups is 1. The van der Waals surface area contributed by atoms with Crippen LogP contribution in [0.25, 0.3) is 0 Å². The molecule has 0 unspecified atom stereocenters. The maximum atomic E-state index is 11.7. The molecule has 0 aliphatic heterocycles. The van der Waals surface area contributed by atoms with E-state index in [9.17, 15) is 4.79 Å². The fourth-order valence-corrected chi connectivity index (χ4v) is 1.98. The molecular formula is C11H18N4OS.